The van der Waals surface area contributed by atoms with Crippen molar-refractivity contribution >= 4 is 28.4 Å². The molecule has 0 radical (unpaired) electrons. The first-order chi connectivity index (χ1) is 13.3. The zero-order valence-corrected chi connectivity index (χ0v) is 15.8. The number of imidazole rings is 1. The molecule has 0 unspecified atom stereocenters. The van der Waals surface area contributed by atoms with Gasteiger partial charge in [0.15, 0.2) is 10.8 Å². The largest absolute Gasteiger partial charge is 0.306 e. The fourth-order valence-electron chi connectivity index (χ4n) is 3.76. The Balaban J connectivity index is 1.72. The highest BCUT2D eigenvalue weighted by Gasteiger charge is 2.20. The zero-order chi connectivity index (χ0) is 18.4. The molecule has 6 nitrogen and oxygen atoms in total. The molecule has 0 amide bonds. The van der Waals surface area contributed by atoms with Gasteiger partial charge in [0.2, 0.25) is 0 Å². The number of hydrogen-bond donors (Lipinski definition) is 0. The smallest absolute Gasteiger partial charge is 0.197 e. The highest BCUT2D eigenvalue weighted by molar-refractivity contribution is 7.99. The van der Waals surface area contributed by atoms with E-state index in [0.29, 0.717) is 11.2 Å². The summed E-state index contributed by atoms with van der Waals surface area (Å²) in [7, 11) is 0. The number of para-hydroxylation sites is 2. The maximum absolute atomic E-state index is 9.64. The molecule has 27 heavy (non-hydrogen) atoms. The fraction of sp³-hybridized carbons (Fsp3) is 0.300. The van der Waals surface area contributed by atoms with Crippen LogP contribution < -0.4 is 0 Å². The number of nitrogens with zero attached hydrogens (tertiary/aromatic N) is 6. The van der Waals surface area contributed by atoms with Crippen LogP contribution in [0.15, 0.2) is 40.5 Å². The maximum Gasteiger partial charge on any atom is 0.197 e. The minimum Gasteiger partial charge on any atom is -0.306 e. The van der Waals surface area contributed by atoms with Crippen LogP contribution in [0.5, 0.6) is 0 Å². The van der Waals surface area contributed by atoms with Crippen LogP contribution in [-0.4, -0.2) is 24.1 Å². The first-order valence-corrected chi connectivity index (χ1v) is 9.99. The maximum atomic E-state index is 9.64. The van der Waals surface area contributed by atoms with E-state index in [4.69, 9.17) is 4.98 Å². The van der Waals surface area contributed by atoms with Crippen molar-refractivity contribution in [1.82, 2.24) is 24.1 Å². The Morgan fingerprint density at radius 2 is 2.04 bits per heavy atom. The van der Waals surface area contributed by atoms with E-state index < -0.39 is 0 Å². The lowest BCUT2D eigenvalue weighted by Gasteiger charge is -2.10. The van der Waals surface area contributed by atoms with Crippen LogP contribution in [-0.2, 0) is 13.0 Å². The highest BCUT2D eigenvalue weighted by atomic mass is 32.2. The number of aromatic nitrogens is 5. The summed E-state index contributed by atoms with van der Waals surface area (Å²) in [4.78, 5) is 4.72. The molecular formula is C20H18N6S. The molecule has 0 spiro atoms. The van der Waals surface area contributed by atoms with Crippen molar-refractivity contribution in [2.75, 3.05) is 0 Å². The average Bonchev–Trinajstić information content (AvgIpc) is 3.14. The molecule has 0 aliphatic carbocycles. The van der Waals surface area contributed by atoms with Crippen molar-refractivity contribution in [2.45, 2.75) is 49.3 Å². The van der Waals surface area contributed by atoms with Gasteiger partial charge in [-0.05, 0) is 55.3 Å². The van der Waals surface area contributed by atoms with Crippen LogP contribution in [0.25, 0.3) is 16.7 Å². The predicted octanol–water partition coefficient (Wildman–Crippen LogP) is 4.14. The summed E-state index contributed by atoms with van der Waals surface area (Å²) in [6, 6.07) is 12.4. The summed E-state index contributed by atoms with van der Waals surface area (Å²) in [6.45, 7) is 2.93. The van der Waals surface area contributed by atoms with Gasteiger partial charge in [0, 0.05) is 13.0 Å². The van der Waals surface area contributed by atoms with Crippen molar-refractivity contribution in [3.05, 3.63) is 47.3 Å². The van der Waals surface area contributed by atoms with E-state index in [1.54, 1.807) is 11.8 Å². The molecule has 1 aromatic carbocycles. The van der Waals surface area contributed by atoms with Crippen LogP contribution in [0, 0.1) is 18.3 Å². The third-order valence-corrected chi connectivity index (χ3v) is 6.12. The Bertz CT molecular complexity index is 1210. The molecule has 0 saturated heterocycles. The van der Waals surface area contributed by atoms with Gasteiger partial charge in [0.05, 0.1) is 21.6 Å². The summed E-state index contributed by atoms with van der Waals surface area (Å²) in [5.41, 5.74) is 4.15. The molecule has 5 rings (SSSR count). The highest BCUT2D eigenvalue weighted by Crippen LogP contribution is 2.33. The number of aryl methyl sites for hydroxylation is 2. The predicted molar refractivity (Wildman–Crippen MR) is 104 cm³/mol. The molecule has 0 N–H and O–H groups in total. The van der Waals surface area contributed by atoms with E-state index >= 15 is 0 Å². The van der Waals surface area contributed by atoms with Crippen LogP contribution in [0.1, 0.15) is 36.2 Å². The monoisotopic (exact) mass is 374 g/mol. The normalized spacial score (nSPS) is 14.2. The number of nitriles is 1. The lowest BCUT2D eigenvalue weighted by Crippen LogP contribution is -2.03. The molecule has 3 aromatic heterocycles. The lowest BCUT2D eigenvalue weighted by molar-refractivity contribution is 0.590. The Morgan fingerprint density at radius 1 is 1.15 bits per heavy atom. The van der Waals surface area contributed by atoms with Gasteiger partial charge in [-0.1, -0.05) is 18.6 Å². The summed E-state index contributed by atoms with van der Waals surface area (Å²) in [5, 5.41) is 20.4. The third kappa shape index (κ3) is 2.60. The van der Waals surface area contributed by atoms with Crippen molar-refractivity contribution in [1.29, 1.82) is 5.26 Å². The second kappa shape index (κ2) is 6.39. The van der Waals surface area contributed by atoms with Crippen LogP contribution in [0.3, 0.4) is 0 Å². The molecule has 4 heterocycles. The molecule has 1 aliphatic rings. The van der Waals surface area contributed by atoms with Crippen molar-refractivity contribution in [3.63, 3.8) is 0 Å². The molecule has 0 bridgehead atoms. The van der Waals surface area contributed by atoms with E-state index in [1.165, 1.54) is 12.8 Å². The molecule has 1 aliphatic heterocycles. The first-order valence-electron chi connectivity index (χ1n) is 9.17. The molecule has 0 atom stereocenters. The number of hydrogen-bond acceptors (Lipinski definition) is 5. The fourth-order valence-corrected chi connectivity index (χ4v) is 4.84. The van der Waals surface area contributed by atoms with E-state index in [0.717, 1.165) is 52.0 Å². The van der Waals surface area contributed by atoms with Gasteiger partial charge in [0.1, 0.15) is 11.9 Å². The summed E-state index contributed by atoms with van der Waals surface area (Å²) in [6.07, 6.45) is 4.56. The Morgan fingerprint density at radius 3 is 2.93 bits per heavy atom. The second-order valence-corrected chi connectivity index (χ2v) is 7.86. The number of pyridine rings is 1. The van der Waals surface area contributed by atoms with Crippen LogP contribution in [0.2, 0.25) is 0 Å². The van der Waals surface area contributed by atoms with E-state index in [-0.39, 0.29) is 0 Å². The Labute approximate surface area is 160 Å². The first kappa shape index (κ1) is 16.3. The van der Waals surface area contributed by atoms with Gasteiger partial charge in [-0.3, -0.25) is 4.40 Å². The average molecular weight is 374 g/mol. The van der Waals surface area contributed by atoms with Gasteiger partial charge in [-0.15, -0.1) is 10.2 Å². The number of fused-ring (bicyclic) bond motifs is 4. The van der Waals surface area contributed by atoms with Crippen molar-refractivity contribution < 1.29 is 0 Å². The summed E-state index contributed by atoms with van der Waals surface area (Å²) in [5.74, 6) is 1.08. The molecule has 0 saturated carbocycles. The van der Waals surface area contributed by atoms with Crippen molar-refractivity contribution in [3.8, 4) is 6.07 Å². The Kier molecular flexibility index (Phi) is 3.87. The van der Waals surface area contributed by atoms with Gasteiger partial charge < -0.3 is 4.57 Å². The molecule has 0 fully saturated rings. The summed E-state index contributed by atoms with van der Waals surface area (Å²) < 4.78 is 4.32. The lowest BCUT2D eigenvalue weighted by atomic mass is 10.2. The quantitative estimate of drug-likeness (QED) is 0.527. The molecule has 4 aromatic rings. The van der Waals surface area contributed by atoms with Gasteiger partial charge in [0.25, 0.3) is 0 Å². The van der Waals surface area contributed by atoms with Crippen molar-refractivity contribution in [2.24, 2.45) is 0 Å². The topological polar surface area (TPSA) is 71.8 Å². The van der Waals surface area contributed by atoms with E-state index in [9.17, 15) is 5.26 Å². The van der Waals surface area contributed by atoms with Gasteiger partial charge in [-0.2, -0.15) is 5.26 Å². The minimum atomic E-state index is 0.621. The van der Waals surface area contributed by atoms with E-state index in [2.05, 4.69) is 31.3 Å². The number of benzene rings is 1. The van der Waals surface area contributed by atoms with Gasteiger partial charge in [-0.25, -0.2) is 4.98 Å². The summed E-state index contributed by atoms with van der Waals surface area (Å²) >= 11 is 1.60. The molecule has 134 valence electrons. The number of rotatable bonds is 2. The van der Waals surface area contributed by atoms with Gasteiger partial charge >= 0.3 is 0 Å². The Hall–Kier alpha value is -2.85. The third-order valence-electron chi connectivity index (χ3n) is 5.12. The van der Waals surface area contributed by atoms with Crippen LogP contribution in [0.4, 0.5) is 0 Å². The van der Waals surface area contributed by atoms with E-state index in [1.807, 2.05) is 31.2 Å². The standard InChI is InChI=1S/C20H18N6S/c1-13-11-18(27-20-24-23-17-9-3-2-6-10-25(17)20)26-16-8-5-4-7-15(16)22-19(26)14(13)12-21/h4-5,7-8,11H,2-3,6,9-10H2,1H3. The SMILES string of the molecule is Cc1cc(Sc2nnc3n2CCCCC3)n2c(nc3ccccc32)c1C#N. The molecule has 7 heteroatoms. The second-order valence-electron chi connectivity index (χ2n) is 6.88. The molecular weight excluding hydrogens is 356 g/mol. The zero-order valence-electron chi connectivity index (χ0n) is 15.0. The minimum absolute atomic E-state index is 0.621. The van der Waals surface area contributed by atoms with Crippen LogP contribution >= 0.6 is 11.8 Å².